The van der Waals surface area contributed by atoms with Gasteiger partial charge in [-0.3, -0.25) is 13.9 Å². The van der Waals surface area contributed by atoms with Gasteiger partial charge < -0.3 is 10.2 Å². The first-order valence-corrected chi connectivity index (χ1v) is 15.9. The summed E-state index contributed by atoms with van der Waals surface area (Å²) in [4.78, 5) is 29.3. The number of carbonyl (C=O) groups excluding carboxylic acids is 2. The molecule has 1 saturated carbocycles. The van der Waals surface area contributed by atoms with E-state index in [9.17, 15) is 22.4 Å². The highest BCUT2D eigenvalue weighted by Crippen LogP contribution is 2.26. The van der Waals surface area contributed by atoms with Crippen molar-refractivity contribution >= 4 is 50.7 Å². The molecule has 1 fully saturated rings. The molecule has 1 aliphatic rings. The number of hydrogen-bond donors (Lipinski definition) is 1. The minimum atomic E-state index is -3.95. The fourth-order valence-corrected chi connectivity index (χ4v) is 6.29. The van der Waals surface area contributed by atoms with Crippen LogP contribution in [0.25, 0.3) is 0 Å². The van der Waals surface area contributed by atoms with E-state index in [1.807, 2.05) is 30.3 Å². The van der Waals surface area contributed by atoms with Crippen LogP contribution in [0.1, 0.15) is 36.8 Å². The summed E-state index contributed by atoms with van der Waals surface area (Å²) in [7, 11) is -3.95. The summed E-state index contributed by atoms with van der Waals surface area (Å²) < 4.78 is 40.1. The Morgan fingerprint density at radius 3 is 2.27 bits per heavy atom. The van der Waals surface area contributed by atoms with Gasteiger partial charge in [0.05, 0.1) is 11.9 Å². The first-order chi connectivity index (χ1) is 19.5. The minimum Gasteiger partial charge on any atom is -0.352 e. The molecule has 3 aromatic carbocycles. The van der Waals surface area contributed by atoms with Gasteiger partial charge in [-0.05, 0) is 60.4 Å². The standard InChI is InChI=1S/C30H32Cl2FN3O4S/c1-41(39,40)36(26-15-13-24(33)14-16-26)20-29(37)35(19-22-11-12-23(31)18-27(22)32)28(17-21-7-3-2-4-8-21)30(38)34-25-9-5-6-10-25/h2-4,7-8,11-16,18,25,28H,5-6,9-10,17,19-20H2,1H3,(H,34,38)/t28-/m1/s1. The summed E-state index contributed by atoms with van der Waals surface area (Å²) in [5, 5.41) is 3.83. The molecular weight excluding hydrogens is 588 g/mol. The first-order valence-electron chi connectivity index (χ1n) is 13.3. The van der Waals surface area contributed by atoms with Crippen LogP contribution in [0.2, 0.25) is 10.0 Å². The molecule has 1 aliphatic carbocycles. The highest BCUT2D eigenvalue weighted by molar-refractivity contribution is 7.92. The van der Waals surface area contributed by atoms with E-state index in [1.165, 1.54) is 17.0 Å². The summed E-state index contributed by atoms with van der Waals surface area (Å²) in [6.45, 7) is -0.664. The van der Waals surface area contributed by atoms with Crippen molar-refractivity contribution in [2.24, 2.45) is 0 Å². The Hall–Kier alpha value is -3.14. The summed E-state index contributed by atoms with van der Waals surface area (Å²) in [5.41, 5.74) is 1.50. The van der Waals surface area contributed by atoms with Gasteiger partial charge in [-0.2, -0.15) is 0 Å². The molecule has 0 aliphatic heterocycles. The maximum Gasteiger partial charge on any atom is 0.244 e. The van der Waals surface area contributed by atoms with Gasteiger partial charge in [-0.15, -0.1) is 0 Å². The average Bonchev–Trinajstić information content (AvgIpc) is 3.44. The molecule has 1 N–H and O–H groups in total. The first kappa shape index (κ1) is 30.8. The number of carbonyl (C=O) groups is 2. The van der Waals surface area contributed by atoms with Crippen LogP contribution >= 0.6 is 23.2 Å². The van der Waals surface area contributed by atoms with Crippen LogP contribution in [-0.2, 0) is 32.6 Å². The fraction of sp³-hybridized carbons (Fsp3) is 0.333. The highest BCUT2D eigenvalue weighted by atomic mass is 35.5. The number of nitrogens with one attached hydrogen (secondary N) is 1. The zero-order chi connectivity index (χ0) is 29.6. The number of anilines is 1. The van der Waals surface area contributed by atoms with E-state index >= 15 is 0 Å². The summed E-state index contributed by atoms with van der Waals surface area (Å²) in [5.74, 6) is -1.49. The van der Waals surface area contributed by atoms with Gasteiger partial charge in [-0.1, -0.05) is 72.4 Å². The van der Waals surface area contributed by atoms with Crippen molar-refractivity contribution in [2.45, 2.75) is 50.7 Å². The summed E-state index contributed by atoms with van der Waals surface area (Å²) >= 11 is 12.6. The van der Waals surface area contributed by atoms with Crippen molar-refractivity contribution in [3.05, 3.63) is 99.8 Å². The smallest absolute Gasteiger partial charge is 0.244 e. The van der Waals surface area contributed by atoms with E-state index in [1.54, 1.807) is 18.2 Å². The number of sulfonamides is 1. The molecule has 0 bridgehead atoms. The Morgan fingerprint density at radius 1 is 1.00 bits per heavy atom. The minimum absolute atomic E-state index is 0.00331. The van der Waals surface area contributed by atoms with Crippen molar-refractivity contribution in [1.82, 2.24) is 10.2 Å². The lowest BCUT2D eigenvalue weighted by atomic mass is 10.0. The molecule has 4 rings (SSSR count). The molecule has 2 amide bonds. The molecular formula is C30H32Cl2FN3O4S. The predicted molar refractivity (Wildman–Crippen MR) is 160 cm³/mol. The second-order valence-electron chi connectivity index (χ2n) is 10.2. The van der Waals surface area contributed by atoms with Crippen LogP contribution in [0.4, 0.5) is 10.1 Å². The van der Waals surface area contributed by atoms with Crippen LogP contribution in [0, 0.1) is 5.82 Å². The van der Waals surface area contributed by atoms with E-state index in [0.29, 0.717) is 15.6 Å². The van der Waals surface area contributed by atoms with Crippen LogP contribution in [0.5, 0.6) is 0 Å². The monoisotopic (exact) mass is 619 g/mol. The molecule has 3 aromatic rings. The Bertz CT molecular complexity index is 1470. The molecule has 0 radical (unpaired) electrons. The van der Waals surface area contributed by atoms with E-state index in [4.69, 9.17) is 23.2 Å². The highest BCUT2D eigenvalue weighted by Gasteiger charge is 2.34. The Kier molecular flexibility index (Phi) is 10.3. The second kappa shape index (κ2) is 13.7. The number of rotatable bonds is 11. The Balaban J connectivity index is 1.74. The van der Waals surface area contributed by atoms with Crippen molar-refractivity contribution in [1.29, 1.82) is 0 Å². The molecule has 0 spiro atoms. The SMILES string of the molecule is CS(=O)(=O)N(CC(=O)N(Cc1ccc(Cl)cc1Cl)[C@H](Cc1ccccc1)C(=O)NC1CCCC1)c1ccc(F)cc1. The van der Waals surface area contributed by atoms with Gasteiger partial charge in [0.1, 0.15) is 18.4 Å². The van der Waals surface area contributed by atoms with Crippen LogP contribution in [-0.4, -0.2) is 50.0 Å². The number of amides is 2. The summed E-state index contributed by atoms with van der Waals surface area (Å²) in [6, 6.07) is 18.0. The van der Waals surface area contributed by atoms with Crippen molar-refractivity contribution < 1.29 is 22.4 Å². The number of hydrogen-bond acceptors (Lipinski definition) is 4. The molecule has 41 heavy (non-hydrogen) atoms. The van der Waals surface area contributed by atoms with E-state index in [-0.39, 0.29) is 30.6 Å². The van der Waals surface area contributed by atoms with Crippen LogP contribution < -0.4 is 9.62 Å². The van der Waals surface area contributed by atoms with Gasteiger partial charge >= 0.3 is 0 Å². The predicted octanol–water partition coefficient (Wildman–Crippen LogP) is 5.60. The van der Waals surface area contributed by atoms with Gasteiger partial charge in [0.2, 0.25) is 21.8 Å². The molecule has 11 heteroatoms. The van der Waals surface area contributed by atoms with Gasteiger partial charge in [0.25, 0.3) is 0 Å². The lowest BCUT2D eigenvalue weighted by Crippen LogP contribution is -2.54. The van der Waals surface area contributed by atoms with Crippen LogP contribution in [0.15, 0.2) is 72.8 Å². The van der Waals surface area contributed by atoms with E-state index < -0.39 is 34.3 Å². The lowest BCUT2D eigenvalue weighted by Gasteiger charge is -2.34. The van der Waals surface area contributed by atoms with Crippen molar-refractivity contribution in [2.75, 3.05) is 17.1 Å². The van der Waals surface area contributed by atoms with Gasteiger partial charge in [0, 0.05) is 29.1 Å². The number of nitrogens with zero attached hydrogens (tertiary/aromatic N) is 2. The number of halogens is 3. The third-order valence-electron chi connectivity index (χ3n) is 7.12. The normalized spacial score (nSPS) is 14.4. The molecule has 0 aromatic heterocycles. The van der Waals surface area contributed by atoms with Crippen molar-refractivity contribution in [3.63, 3.8) is 0 Å². The fourth-order valence-electron chi connectivity index (χ4n) is 4.98. The van der Waals surface area contributed by atoms with E-state index in [2.05, 4.69) is 5.32 Å². The van der Waals surface area contributed by atoms with Gasteiger partial charge in [-0.25, -0.2) is 12.8 Å². The molecule has 0 heterocycles. The quantitative estimate of drug-likeness (QED) is 0.303. The number of benzene rings is 3. The molecule has 0 unspecified atom stereocenters. The molecule has 1 atom stereocenters. The third-order valence-corrected chi connectivity index (χ3v) is 8.85. The lowest BCUT2D eigenvalue weighted by molar-refractivity contribution is -0.140. The third kappa shape index (κ3) is 8.44. The average molecular weight is 621 g/mol. The van der Waals surface area contributed by atoms with Gasteiger partial charge in [0.15, 0.2) is 0 Å². The maximum absolute atomic E-state index is 14.1. The van der Waals surface area contributed by atoms with Crippen LogP contribution in [0.3, 0.4) is 0 Å². The topological polar surface area (TPSA) is 86.8 Å². The maximum atomic E-state index is 14.1. The summed E-state index contributed by atoms with van der Waals surface area (Å²) in [6.07, 6.45) is 4.90. The molecule has 0 saturated heterocycles. The largest absolute Gasteiger partial charge is 0.352 e. The zero-order valence-electron chi connectivity index (χ0n) is 22.6. The van der Waals surface area contributed by atoms with Crippen molar-refractivity contribution in [3.8, 4) is 0 Å². The Labute approximate surface area is 250 Å². The second-order valence-corrected chi connectivity index (χ2v) is 12.9. The molecule has 7 nitrogen and oxygen atoms in total. The zero-order valence-corrected chi connectivity index (χ0v) is 24.9. The van der Waals surface area contributed by atoms with E-state index in [0.717, 1.165) is 53.9 Å². The molecule has 218 valence electrons. The Morgan fingerprint density at radius 2 is 1.66 bits per heavy atom.